The third kappa shape index (κ3) is 4.49. The highest BCUT2D eigenvalue weighted by Gasteiger charge is 2.17. The number of nitrogens with one attached hydrogen (secondary N) is 1. The van der Waals surface area contributed by atoms with Crippen LogP contribution < -0.4 is 10.1 Å². The Morgan fingerprint density at radius 2 is 1.77 bits per heavy atom. The molecule has 0 radical (unpaired) electrons. The minimum absolute atomic E-state index is 0.190. The summed E-state index contributed by atoms with van der Waals surface area (Å²) in [6, 6.07) is 20.6. The molecule has 5 nitrogen and oxygen atoms in total. The van der Waals surface area contributed by atoms with Crippen molar-refractivity contribution in [2.24, 2.45) is 0 Å². The number of hydrogen-bond acceptors (Lipinski definition) is 4. The van der Waals surface area contributed by atoms with Crippen LogP contribution in [0, 0.1) is 11.3 Å². The average molecular weight is 397 g/mol. The number of ether oxygens (including phenoxy) is 1. The van der Waals surface area contributed by atoms with Gasteiger partial charge in [0, 0.05) is 29.9 Å². The summed E-state index contributed by atoms with van der Waals surface area (Å²) < 4.78 is 5.89. The van der Waals surface area contributed by atoms with Crippen LogP contribution in [0.15, 0.2) is 66.9 Å². The number of nitriles is 1. The van der Waals surface area contributed by atoms with E-state index in [1.807, 2.05) is 48.5 Å². The molecule has 4 rings (SSSR count). The van der Waals surface area contributed by atoms with Crippen molar-refractivity contribution in [1.82, 2.24) is 10.3 Å². The van der Waals surface area contributed by atoms with Gasteiger partial charge in [-0.3, -0.25) is 4.79 Å². The highest BCUT2D eigenvalue weighted by molar-refractivity contribution is 6.01. The molecule has 0 saturated heterocycles. The Morgan fingerprint density at radius 3 is 2.50 bits per heavy atom. The number of nitrogens with zero attached hydrogens (tertiary/aromatic N) is 2. The van der Waals surface area contributed by atoms with Gasteiger partial charge in [0.25, 0.3) is 5.91 Å². The second-order valence-electron chi connectivity index (χ2n) is 7.41. The molecular formula is C25H23N3O2. The van der Waals surface area contributed by atoms with Gasteiger partial charge in [-0.2, -0.15) is 5.26 Å². The summed E-state index contributed by atoms with van der Waals surface area (Å²) in [5.41, 5.74) is 3.47. The Balaban J connectivity index is 1.44. The van der Waals surface area contributed by atoms with E-state index < -0.39 is 0 Å². The first-order chi connectivity index (χ1) is 14.7. The first-order valence-corrected chi connectivity index (χ1v) is 10.2. The lowest BCUT2D eigenvalue weighted by molar-refractivity contribution is 0.0951. The smallest absolute Gasteiger partial charge is 0.252 e. The Kier molecular flexibility index (Phi) is 6.05. The predicted molar refractivity (Wildman–Crippen MR) is 115 cm³/mol. The topological polar surface area (TPSA) is 75.0 Å². The Bertz CT molecular complexity index is 1060. The maximum Gasteiger partial charge on any atom is 0.252 e. The lowest BCUT2D eigenvalue weighted by atomic mass is 9.95. The summed E-state index contributed by atoms with van der Waals surface area (Å²) in [4.78, 5) is 17.2. The number of pyridine rings is 1. The molecule has 30 heavy (non-hydrogen) atoms. The third-order valence-corrected chi connectivity index (χ3v) is 5.35. The van der Waals surface area contributed by atoms with Crippen LogP contribution in [0.1, 0.15) is 47.2 Å². The normalized spacial score (nSPS) is 13.6. The average Bonchev–Trinajstić information content (AvgIpc) is 3.31. The van der Waals surface area contributed by atoms with Crippen molar-refractivity contribution in [3.05, 3.63) is 83.6 Å². The van der Waals surface area contributed by atoms with E-state index in [1.54, 1.807) is 18.3 Å². The number of amides is 1. The van der Waals surface area contributed by atoms with Gasteiger partial charge in [0.1, 0.15) is 6.10 Å². The second kappa shape index (κ2) is 9.23. The first kappa shape index (κ1) is 19.7. The van der Waals surface area contributed by atoms with E-state index in [0.717, 1.165) is 29.5 Å². The quantitative estimate of drug-likeness (QED) is 0.644. The molecular weight excluding hydrogens is 374 g/mol. The fraction of sp³-hybridized carbons (Fsp3) is 0.240. The van der Waals surface area contributed by atoms with Crippen LogP contribution in [0.25, 0.3) is 11.1 Å². The van der Waals surface area contributed by atoms with Crippen LogP contribution >= 0.6 is 0 Å². The molecule has 0 unspecified atom stereocenters. The zero-order valence-electron chi connectivity index (χ0n) is 16.7. The Labute approximate surface area is 176 Å². The van der Waals surface area contributed by atoms with Crippen LogP contribution in [0.3, 0.4) is 0 Å². The molecule has 1 aliphatic rings. The van der Waals surface area contributed by atoms with Crippen molar-refractivity contribution in [2.75, 3.05) is 0 Å². The lowest BCUT2D eigenvalue weighted by Crippen LogP contribution is -2.23. The SMILES string of the molecule is N#Cc1ccccc1-c1ccccc1C(=O)NCc1ccc(OC2CCCC2)nc1. The zero-order chi connectivity index (χ0) is 20.8. The number of carbonyl (C=O) groups excluding carboxylic acids is 1. The maximum atomic E-state index is 12.9. The predicted octanol–water partition coefficient (Wildman–Crippen LogP) is 4.87. The largest absolute Gasteiger partial charge is 0.474 e. The third-order valence-electron chi connectivity index (χ3n) is 5.35. The van der Waals surface area contributed by atoms with E-state index in [2.05, 4.69) is 16.4 Å². The molecule has 0 aliphatic heterocycles. The van der Waals surface area contributed by atoms with E-state index in [9.17, 15) is 10.1 Å². The summed E-state index contributed by atoms with van der Waals surface area (Å²) in [6.45, 7) is 0.365. The van der Waals surface area contributed by atoms with Gasteiger partial charge in [-0.1, -0.05) is 42.5 Å². The van der Waals surface area contributed by atoms with Gasteiger partial charge in [0.15, 0.2) is 0 Å². The van der Waals surface area contributed by atoms with Crippen LogP contribution in [0.2, 0.25) is 0 Å². The maximum absolute atomic E-state index is 12.9. The fourth-order valence-electron chi connectivity index (χ4n) is 3.77. The first-order valence-electron chi connectivity index (χ1n) is 10.2. The van der Waals surface area contributed by atoms with Crippen molar-refractivity contribution in [3.63, 3.8) is 0 Å². The van der Waals surface area contributed by atoms with E-state index in [4.69, 9.17) is 4.74 Å². The summed E-state index contributed by atoms with van der Waals surface area (Å²) in [7, 11) is 0. The Hall–Kier alpha value is -3.65. The molecule has 5 heteroatoms. The fourth-order valence-corrected chi connectivity index (χ4v) is 3.77. The van der Waals surface area contributed by atoms with Crippen molar-refractivity contribution < 1.29 is 9.53 Å². The van der Waals surface area contributed by atoms with E-state index in [0.29, 0.717) is 23.6 Å². The van der Waals surface area contributed by atoms with Gasteiger partial charge >= 0.3 is 0 Å². The molecule has 1 amide bonds. The summed E-state index contributed by atoms with van der Waals surface area (Å²) in [6.07, 6.45) is 6.63. The van der Waals surface area contributed by atoms with Crippen molar-refractivity contribution in [1.29, 1.82) is 5.26 Å². The van der Waals surface area contributed by atoms with Crippen LogP contribution in [-0.4, -0.2) is 17.0 Å². The summed E-state index contributed by atoms with van der Waals surface area (Å²) in [5, 5.41) is 12.4. The van der Waals surface area contributed by atoms with Crippen molar-refractivity contribution >= 4 is 5.91 Å². The molecule has 1 aromatic heterocycles. The number of aromatic nitrogens is 1. The lowest BCUT2D eigenvalue weighted by Gasteiger charge is -2.13. The van der Waals surface area contributed by atoms with Gasteiger partial charge < -0.3 is 10.1 Å². The van der Waals surface area contributed by atoms with Gasteiger partial charge in [0.05, 0.1) is 11.6 Å². The molecule has 0 spiro atoms. The van der Waals surface area contributed by atoms with Crippen LogP contribution in [-0.2, 0) is 6.54 Å². The van der Waals surface area contributed by atoms with Gasteiger partial charge in [-0.05, 0) is 48.9 Å². The van der Waals surface area contributed by atoms with Gasteiger partial charge in [-0.15, -0.1) is 0 Å². The molecule has 1 heterocycles. The zero-order valence-corrected chi connectivity index (χ0v) is 16.7. The number of carbonyl (C=O) groups is 1. The van der Waals surface area contributed by atoms with Crippen molar-refractivity contribution in [3.8, 4) is 23.1 Å². The highest BCUT2D eigenvalue weighted by Crippen LogP contribution is 2.27. The summed E-state index contributed by atoms with van der Waals surface area (Å²) in [5.74, 6) is 0.444. The molecule has 1 fully saturated rings. The molecule has 1 aliphatic carbocycles. The standard InChI is InChI=1S/C25H23N3O2/c26-15-19-7-1-4-10-21(19)22-11-5-6-12-23(22)25(29)28-17-18-13-14-24(27-16-18)30-20-8-2-3-9-20/h1,4-7,10-14,16,20H,2-3,8-9,17H2,(H,28,29). The molecule has 150 valence electrons. The molecule has 3 aromatic rings. The van der Waals surface area contributed by atoms with E-state index >= 15 is 0 Å². The minimum atomic E-state index is -0.190. The molecule has 0 atom stereocenters. The van der Waals surface area contributed by atoms with E-state index in [1.165, 1.54) is 12.8 Å². The van der Waals surface area contributed by atoms with Crippen LogP contribution in [0.5, 0.6) is 5.88 Å². The van der Waals surface area contributed by atoms with Crippen LogP contribution in [0.4, 0.5) is 0 Å². The minimum Gasteiger partial charge on any atom is -0.474 e. The molecule has 0 bridgehead atoms. The number of rotatable bonds is 6. The molecule has 1 N–H and O–H groups in total. The van der Waals surface area contributed by atoms with Crippen molar-refractivity contribution in [2.45, 2.75) is 38.3 Å². The Morgan fingerprint density at radius 1 is 1.03 bits per heavy atom. The second-order valence-corrected chi connectivity index (χ2v) is 7.41. The monoisotopic (exact) mass is 397 g/mol. The van der Waals surface area contributed by atoms with Gasteiger partial charge in [0.2, 0.25) is 5.88 Å². The number of benzene rings is 2. The molecule has 1 saturated carbocycles. The summed E-state index contributed by atoms with van der Waals surface area (Å²) >= 11 is 0. The molecule has 2 aromatic carbocycles. The van der Waals surface area contributed by atoms with Gasteiger partial charge in [-0.25, -0.2) is 4.98 Å². The number of hydrogen-bond donors (Lipinski definition) is 1. The van der Waals surface area contributed by atoms with E-state index in [-0.39, 0.29) is 12.0 Å². The highest BCUT2D eigenvalue weighted by atomic mass is 16.5.